The van der Waals surface area contributed by atoms with Gasteiger partial charge in [-0.2, -0.15) is 0 Å². The number of rotatable bonds is 0. The number of carbonyl (C=O) groups excluding carboxylic acids is 1. The summed E-state index contributed by atoms with van der Waals surface area (Å²) in [6.07, 6.45) is 5.93. The van der Waals surface area contributed by atoms with Crippen LogP contribution in [0.1, 0.15) is 32.1 Å². The number of likely N-dealkylation sites (N-methyl/N-ethyl adjacent to an activating group) is 1. The maximum atomic E-state index is 11.8. The van der Waals surface area contributed by atoms with Crippen LogP contribution in [-0.4, -0.2) is 22.2 Å². The van der Waals surface area contributed by atoms with Crippen molar-refractivity contribution in [2.75, 3.05) is 7.05 Å². The van der Waals surface area contributed by atoms with E-state index in [4.69, 9.17) is 12.2 Å². The van der Waals surface area contributed by atoms with Crippen LogP contribution in [0.5, 0.6) is 0 Å². The van der Waals surface area contributed by atoms with E-state index in [1.807, 2.05) is 0 Å². The standard InChI is InChI=1S/C10H13NOS2/c1-11-9(12)8(14-10(11)13)7-5-3-2-4-6-7/h2-6H2,1H3. The monoisotopic (exact) mass is 227 g/mol. The Labute approximate surface area is 93.7 Å². The van der Waals surface area contributed by atoms with Gasteiger partial charge in [0.15, 0.2) is 0 Å². The molecule has 76 valence electrons. The molecule has 1 saturated heterocycles. The fourth-order valence-electron chi connectivity index (χ4n) is 1.86. The van der Waals surface area contributed by atoms with Crippen LogP contribution in [-0.2, 0) is 4.79 Å². The summed E-state index contributed by atoms with van der Waals surface area (Å²) < 4.78 is 0.697. The van der Waals surface area contributed by atoms with E-state index in [-0.39, 0.29) is 5.91 Å². The SMILES string of the molecule is CN1C(=O)C(=C2CCCCC2)SC1=S. The third-order valence-electron chi connectivity index (χ3n) is 2.74. The van der Waals surface area contributed by atoms with Gasteiger partial charge in [0, 0.05) is 7.05 Å². The Kier molecular flexibility index (Phi) is 2.93. The fourth-order valence-corrected chi connectivity index (χ4v) is 3.16. The number of nitrogens with zero attached hydrogens (tertiary/aromatic N) is 1. The van der Waals surface area contributed by atoms with Crippen LogP contribution in [0.25, 0.3) is 0 Å². The van der Waals surface area contributed by atoms with Gasteiger partial charge in [0.2, 0.25) is 0 Å². The van der Waals surface area contributed by atoms with Crippen molar-refractivity contribution in [1.82, 2.24) is 4.90 Å². The number of amides is 1. The third kappa shape index (κ3) is 1.73. The first-order chi connectivity index (χ1) is 6.70. The molecule has 2 rings (SSSR count). The number of allylic oxidation sites excluding steroid dienone is 1. The van der Waals surface area contributed by atoms with E-state index < -0.39 is 0 Å². The van der Waals surface area contributed by atoms with E-state index in [1.54, 1.807) is 11.9 Å². The number of thioether (sulfide) groups is 1. The van der Waals surface area contributed by atoms with Crippen LogP contribution < -0.4 is 0 Å². The summed E-state index contributed by atoms with van der Waals surface area (Å²) in [5, 5.41) is 0. The predicted molar refractivity (Wildman–Crippen MR) is 63.1 cm³/mol. The minimum absolute atomic E-state index is 0.108. The molecule has 1 amide bonds. The van der Waals surface area contributed by atoms with Crippen LogP contribution in [0.4, 0.5) is 0 Å². The van der Waals surface area contributed by atoms with Crippen LogP contribution >= 0.6 is 24.0 Å². The van der Waals surface area contributed by atoms with E-state index in [0.717, 1.165) is 17.7 Å². The van der Waals surface area contributed by atoms with Gasteiger partial charge < -0.3 is 0 Å². The normalized spacial score (nSPS) is 23.6. The Balaban J connectivity index is 2.25. The van der Waals surface area contributed by atoms with E-state index in [1.165, 1.54) is 36.6 Å². The van der Waals surface area contributed by atoms with Crippen molar-refractivity contribution < 1.29 is 4.79 Å². The van der Waals surface area contributed by atoms with Crippen LogP contribution in [0.15, 0.2) is 10.5 Å². The predicted octanol–water partition coefficient (Wildman–Crippen LogP) is 2.69. The van der Waals surface area contributed by atoms with Crippen molar-refractivity contribution in [2.24, 2.45) is 0 Å². The largest absolute Gasteiger partial charge is 0.296 e. The van der Waals surface area contributed by atoms with Crippen molar-refractivity contribution in [3.8, 4) is 0 Å². The lowest BCUT2D eigenvalue weighted by molar-refractivity contribution is -0.121. The highest BCUT2D eigenvalue weighted by Crippen LogP contribution is 2.37. The second kappa shape index (κ2) is 4.03. The molecule has 1 saturated carbocycles. The zero-order valence-electron chi connectivity index (χ0n) is 8.21. The van der Waals surface area contributed by atoms with Gasteiger partial charge in [-0.15, -0.1) is 0 Å². The van der Waals surface area contributed by atoms with Crippen molar-refractivity contribution in [3.63, 3.8) is 0 Å². The molecule has 1 heterocycles. The Morgan fingerprint density at radius 1 is 1.29 bits per heavy atom. The molecule has 1 aliphatic heterocycles. The van der Waals surface area contributed by atoms with Gasteiger partial charge in [-0.3, -0.25) is 9.69 Å². The first-order valence-electron chi connectivity index (χ1n) is 4.92. The van der Waals surface area contributed by atoms with Gasteiger partial charge in [-0.25, -0.2) is 0 Å². The third-order valence-corrected chi connectivity index (χ3v) is 4.38. The summed E-state index contributed by atoms with van der Waals surface area (Å²) in [6.45, 7) is 0. The number of hydrogen-bond donors (Lipinski definition) is 0. The number of hydrogen-bond acceptors (Lipinski definition) is 3. The lowest BCUT2D eigenvalue weighted by Crippen LogP contribution is -2.22. The maximum Gasteiger partial charge on any atom is 0.265 e. The molecule has 0 aromatic heterocycles. The summed E-state index contributed by atoms with van der Waals surface area (Å²) >= 11 is 6.57. The molecule has 0 atom stereocenters. The topological polar surface area (TPSA) is 20.3 Å². The number of thiocarbonyl (C=S) groups is 1. The zero-order valence-corrected chi connectivity index (χ0v) is 9.84. The molecule has 0 radical (unpaired) electrons. The maximum absolute atomic E-state index is 11.8. The Hall–Kier alpha value is -0.350. The molecule has 2 aliphatic rings. The second-order valence-corrected chi connectivity index (χ2v) is 5.37. The molecule has 0 spiro atoms. The molecular weight excluding hydrogens is 214 g/mol. The molecule has 0 unspecified atom stereocenters. The lowest BCUT2D eigenvalue weighted by Gasteiger charge is -2.14. The van der Waals surface area contributed by atoms with E-state index in [9.17, 15) is 4.79 Å². The minimum Gasteiger partial charge on any atom is -0.296 e. The molecule has 2 nitrogen and oxygen atoms in total. The highest BCUT2D eigenvalue weighted by molar-refractivity contribution is 8.26. The average Bonchev–Trinajstić information content (AvgIpc) is 2.47. The molecule has 0 N–H and O–H groups in total. The molecule has 0 bridgehead atoms. The van der Waals surface area contributed by atoms with E-state index in [0.29, 0.717) is 4.32 Å². The summed E-state index contributed by atoms with van der Waals surface area (Å²) in [4.78, 5) is 14.3. The minimum atomic E-state index is 0.108. The molecule has 2 fully saturated rings. The molecule has 4 heteroatoms. The van der Waals surface area contributed by atoms with Gasteiger partial charge in [0.25, 0.3) is 5.91 Å². The van der Waals surface area contributed by atoms with Crippen molar-refractivity contribution in [2.45, 2.75) is 32.1 Å². The average molecular weight is 227 g/mol. The first-order valence-corrected chi connectivity index (χ1v) is 6.14. The lowest BCUT2D eigenvalue weighted by atomic mass is 9.94. The summed E-state index contributed by atoms with van der Waals surface area (Å²) in [5.74, 6) is 0.108. The zero-order chi connectivity index (χ0) is 10.1. The van der Waals surface area contributed by atoms with Gasteiger partial charge in [-0.05, 0) is 25.7 Å². The van der Waals surface area contributed by atoms with Crippen molar-refractivity contribution in [1.29, 1.82) is 0 Å². The summed E-state index contributed by atoms with van der Waals surface area (Å²) in [6, 6.07) is 0. The summed E-state index contributed by atoms with van der Waals surface area (Å²) in [7, 11) is 1.76. The smallest absolute Gasteiger partial charge is 0.265 e. The van der Waals surface area contributed by atoms with Gasteiger partial charge in [0.1, 0.15) is 4.32 Å². The fraction of sp³-hybridized carbons (Fsp3) is 0.600. The van der Waals surface area contributed by atoms with Gasteiger partial charge >= 0.3 is 0 Å². The molecule has 0 aromatic carbocycles. The van der Waals surface area contributed by atoms with Crippen LogP contribution in [0.3, 0.4) is 0 Å². The van der Waals surface area contributed by atoms with Crippen LogP contribution in [0, 0.1) is 0 Å². The molecule has 1 aliphatic carbocycles. The van der Waals surface area contributed by atoms with Gasteiger partial charge in [0.05, 0.1) is 4.91 Å². The van der Waals surface area contributed by atoms with E-state index in [2.05, 4.69) is 0 Å². The molecular formula is C10H13NOS2. The molecule has 0 aromatic rings. The highest BCUT2D eigenvalue weighted by Gasteiger charge is 2.31. The summed E-state index contributed by atoms with van der Waals surface area (Å²) in [5.41, 5.74) is 1.33. The van der Waals surface area contributed by atoms with Crippen molar-refractivity contribution >= 4 is 34.2 Å². The first kappa shape index (κ1) is 10.2. The van der Waals surface area contributed by atoms with Gasteiger partial charge in [-0.1, -0.05) is 36.0 Å². The second-order valence-electron chi connectivity index (χ2n) is 3.73. The molecule has 14 heavy (non-hydrogen) atoms. The van der Waals surface area contributed by atoms with Crippen LogP contribution in [0.2, 0.25) is 0 Å². The Bertz CT molecular complexity index is 314. The highest BCUT2D eigenvalue weighted by atomic mass is 32.2. The van der Waals surface area contributed by atoms with Crippen molar-refractivity contribution in [3.05, 3.63) is 10.5 Å². The van der Waals surface area contributed by atoms with E-state index >= 15 is 0 Å². The quantitative estimate of drug-likeness (QED) is 0.469. The Morgan fingerprint density at radius 2 is 1.93 bits per heavy atom. The Morgan fingerprint density at radius 3 is 2.43 bits per heavy atom. The number of carbonyl (C=O) groups is 1.